The lowest BCUT2D eigenvalue weighted by Gasteiger charge is -2.34. The molecule has 2 aliphatic rings. The van der Waals surface area contributed by atoms with Crippen LogP contribution in [0.1, 0.15) is 63.9 Å². The number of rotatable bonds is 4. The summed E-state index contributed by atoms with van der Waals surface area (Å²) in [6, 6.07) is 4.28. The molecule has 0 amide bonds. The molecule has 0 bridgehead atoms. The predicted octanol–water partition coefficient (Wildman–Crippen LogP) is 6.45. The van der Waals surface area contributed by atoms with Crippen LogP contribution in [-0.4, -0.2) is 0 Å². The summed E-state index contributed by atoms with van der Waals surface area (Å²) in [5, 5.41) is 0. The molecule has 1 atom stereocenters. The van der Waals surface area contributed by atoms with Gasteiger partial charge in [0.2, 0.25) is 0 Å². The molecule has 0 heterocycles. The Bertz CT molecular complexity index is 553. The normalized spacial score (nSPS) is 28.5. The van der Waals surface area contributed by atoms with Crippen molar-refractivity contribution in [3.05, 3.63) is 47.0 Å². The number of halogens is 2. The number of hydrogen-bond donors (Lipinski definition) is 0. The van der Waals surface area contributed by atoms with E-state index < -0.39 is 11.6 Å². The zero-order chi connectivity index (χ0) is 16.2. The molecule has 126 valence electrons. The zero-order valence-corrected chi connectivity index (χ0v) is 14.2. The summed E-state index contributed by atoms with van der Waals surface area (Å²) < 4.78 is 26.2. The first-order valence-electron chi connectivity index (χ1n) is 9.23. The fraction of sp³-hybridized carbons (Fsp3) is 0.619. The Morgan fingerprint density at radius 3 is 2.35 bits per heavy atom. The van der Waals surface area contributed by atoms with E-state index in [9.17, 15) is 8.78 Å². The summed E-state index contributed by atoms with van der Waals surface area (Å²) in [6.45, 7) is 2.38. The highest BCUT2D eigenvalue weighted by atomic mass is 19.2. The number of benzene rings is 1. The second-order valence-corrected chi connectivity index (χ2v) is 7.67. The minimum atomic E-state index is -0.754. The monoisotopic (exact) mass is 318 g/mol. The van der Waals surface area contributed by atoms with Crippen LogP contribution in [-0.2, 0) is 6.42 Å². The van der Waals surface area contributed by atoms with E-state index in [0.29, 0.717) is 0 Å². The molecule has 0 radical (unpaired) electrons. The summed E-state index contributed by atoms with van der Waals surface area (Å²) in [4.78, 5) is 0. The SMILES string of the molecule is CC1CCC(C2CC=C(CCc3ccc(F)c(F)c3)CC2)CC1. The fourth-order valence-corrected chi connectivity index (χ4v) is 4.32. The number of aryl methyl sites for hydroxylation is 1. The lowest BCUT2D eigenvalue weighted by Crippen LogP contribution is -2.22. The van der Waals surface area contributed by atoms with Crippen LogP contribution in [0, 0.1) is 29.4 Å². The minimum absolute atomic E-state index is 0.730. The maximum atomic E-state index is 13.2. The van der Waals surface area contributed by atoms with Gasteiger partial charge in [0.1, 0.15) is 0 Å². The molecule has 2 aliphatic carbocycles. The molecule has 23 heavy (non-hydrogen) atoms. The highest BCUT2D eigenvalue weighted by Gasteiger charge is 2.27. The molecule has 2 heteroatoms. The van der Waals surface area contributed by atoms with Crippen molar-refractivity contribution in [2.45, 2.75) is 64.7 Å². The minimum Gasteiger partial charge on any atom is -0.204 e. The molecular formula is C21H28F2. The van der Waals surface area contributed by atoms with Crippen LogP contribution in [0.4, 0.5) is 8.78 Å². The Labute approximate surface area is 139 Å². The van der Waals surface area contributed by atoms with Crippen molar-refractivity contribution >= 4 is 0 Å². The first-order chi connectivity index (χ1) is 11.1. The summed E-state index contributed by atoms with van der Waals surface area (Å²) in [5.41, 5.74) is 2.41. The van der Waals surface area contributed by atoms with Gasteiger partial charge in [-0.3, -0.25) is 0 Å². The predicted molar refractivity (Wildman–Crippen MR) is 91.2 cm³/mol. The van der Waals surface area contributed by atoms with Crippen LogP contribution < -0.4 is 0 Å². The van der Waals surface area contributed by atoms with Gasteiger partial charge in [0.05, 0.1) is 0 Å². The molecule has 0 nitrogen and oxygen atoms in total. The van der Waals surface area contributed by atoms with E-state index in [4.69, 9.17) is 0 Å². The van der Waals surface area contributed by atoms with Gasteiger partial charge in [-0.25, -0.2) is 8.78 Å². The Hall–Kier alpha value is -1.18. The highest BCUT2D eigenvalue weighted by molar-refractivity contribution is 5.20. The Balaban J connectivity index is 1.48. The summed E-state index contributed by atoms with van der Waals surface area (Å²) in [5.74, 6) is 1.27. The van der Waals surface area contributed by atoms with Crippen LogP contribution in [0.3, 0.4) is 0 Å². The maximum Gasteiger partial charge on any atom is 0.159 e. The van der Waals surface area contributed by atoms with Gasteiger partial charge < -0.3 is 0 Å². The van der Waals surface area contributed by atoms with E-state index in [-0.39, 0.29) is 0 Å². The molecule has 3 rings (SSSR count). The third kappa shape index (κ3) is 4.43. The first-order valence-corrected chi connectivity index (χ1v) is 9.23. The van der Waals surface area contributed by atoms with Crippen molar-refractivity contribution in [3.63, 3.8) is 0 Å². The smallest absolute Gasteiger partial charge is 0.159 e. The van der Waals surface area contributed by atoms with Crippen molar-refractivity contribution < 1.29 is 8.78 Å². The van der Waals surface area contributed by atoms with Gasteiger partial charge in [0.25, 0.3) is 0 Å². The molecule has 1 saturated carbocycles. The van der Waals surface area contributed by atoms with E-state index in [1.54, 1.807) is 6.07 Å². The molecule has 0 aromatic heterocycles. The Kier molecular flexibility index (Phi) is 5.50. The van der Waals surface area contributed by atoms with Crippen LogP contribution in [0.15, 0.2) is 29.8 Å². The van der Waals surface area contributed by atoms with Gasteiger partial charge in [-0.05, 0) is 80.4 Å². The molecular weight excluding hydrogens is 290 g/mol. The van der Waals surface area contributed by atoms with Crippen LogP contribution >= 0.6 is 0 Å². The van der Waals surface area contributed by atoms with Gasteiger partial charge in [0, 0.05) is 0 Å². The van der Waals surface area contributed by atoms with Gasteiger partial charge >= 0.3 is 0 Å². The molecule has 1 aromatic carbocycles. The topological polar surface area (TPSA) is 0 Å². The summed E-state index contributed by atoms with van der Waals surface area (Å²) in [6.07, 6.45) is 13.6. The van der Waals surface area contributed by atoms with Gasteiger partial charge in [-0.1, -0.05) is 37.5 Å². The molecule has 1 fully saturated rings. The van der Waals surface area contributed by atoms with E-state index >= 15 is 0 Å². The van der Waals surface area contributed by atoms with Crippen molar-refractivity contribution in [3.8, 4) is 0 Å². The standard InChI is InChI=1S/C21H28F2/c1-15-2-9-18(10-3-15)19-11-6-16(7-12-19)4-5-17-8-13-20(22)21(23)14-17/h6,8,13-15,18-19H,2-5,7,9-12H2,1H3. The maximum absolute atomic E-state index is 13.2. The van der Waals surface area contributed by atoms with Crippen LogP contribution in [0.2, 0.25) is 0 Å². The largest absolute Gasteiger partial charge is 0.204 e. The van der Waals surface area contributed by atoms with Crippen molar-refractivity contribution in [2.24, 2.45) is 17.8 Å². The fourth-order valence-electron chi connectivity index (χ4n) is 4.32. The number of hydrogen-bond acceptors (Lipinski definition) is 0. The van der Waals surface area contributed by atoms with E-state index in [1.807, 2.05) is 0 Å². The van der Waals surface area contributed by atoms with E-state index in [0.717, 1.165) is 36.2 Å². The average molecular weight is 318 g/mol. The Morgan fingerprint density at radius 2 is 1.70 bits per heavy atom. The molecule has 1 unspecified atom stereocenters. The molecule has 1 aromatic rings. The second-order valence-electron chi connectivity index (χ2n) is 7.67. The highest BCUT2D eigenvalue weighted by Crippen LogP contribution is 2.39. The average Bonchev–Trinajstić information content (AvgIpc) is 2.57. The van der Waals surface area contributed by atoms with Crippen LogP contribution in [0.25, 0.3) is 0 Å². The van der Waals surface area contributed by atoms with Gasteiger partial charge in [-0.15, -0.1) is 0 Å². The number of allylic oxidation sites excluding steroid dienone is 2. The van der Waals surface area contributed by atoms with E-state index in [1.165, 1.54) is 62.7 Å². The first kappa shape index (κ1) is 16.7. The lowest BCUT2D eigenvalue weighted by atomic mass is 9.71. The molecule has 0 saturated heterocycles. The van der Waals surface area contributed by atoms with Crippen molar-refractivity contribution in [2.75, 3.05) is 0 Å². The second kappa shape index (κ2) is 7.59. The van der Waals surface area contributed by atoms with Crippen molar-refractivity contribution in [1.29, 1.82) is 0 Å². The third-order valence-electron chi connectivity index (χ3n) is 5.99. The lowest BCUT2D eigenvalue weighted by molar-refractivity contribution is 0.199. The zero-order valence-electron chi connectivity index (χ0n) is 14.2. The van der Waals surface area contributed by atoms with Crippen molar-refractivity contribution in [1.82, 2.24) is 0 Å². The molecule has 0 aliphatic heterocycles. The summed E-state index contributed by atoms with van der Waals surface area (Å²) in [7, 11) is 0. The van der Waals surface area contributed by atoms with Crippen LogP contribution in [0.5, 0.6) is 0 Å². The molecule has 0 spiro atoms. The quantitative estimate of drug-likeness (QED) is 0.560. The Morgan fingerprint density at radius 1 is 0.913 bits per heavy atom. The van der Waals surface area contributed by atoms with Gasteiger partial charge in [0.15, 0.2) is 11.6 Å². The van der Waals surface area contributed by atoms with E-state index in [2.05, 4.69) is 13.0 Å². The summed E-state index contributed by atoms with van der Waals surface area (Å²) >= 11 is 0. The third-order valence-corrected chi connectivity index (χ3v) is 5.99. The molecule has 0 N–H and O–H groups in total. The van der Waals surface area contributed by atoms with Gasteiger partial charge in [-0.2, -0.15) is 0 Å².